The van der Waals surface area contributed by atoms with Crippen LogP contribution in [0.1, 0.15) is 5.56 Å². The highest BCUT2D eigenvalue weighted by Gasteiger charge is 1.99. The van der Waals surface area contributed by atoms with Crippen LogP contribution in [-0.4, -0.2) is 12.4 Å². The predicted molar refractivity (Wildman–Crippen MR) is 50.6 cm³/mol. The molecule has 7 heteroatoms. The van der Waals surface area contributed by atoms with Crippen molar-refractivity contribution in [2.24, 2.45) is 5.73 Å². The molecule has 1 rings (SSSR count). The molecule has 0 fully saturated rings. The van der Waals surface area contributed by atoms with Crippen LogP contribution in [0.25, 0.3) is 0 Å². The first kappa shape index (κ1) is 21.3. The first-order chi connectivity index (χ1) is 6.26. The Morgan fingerprint density at radius 3 is 2.31 bits per heavy atom. The number of nitrogens with two attached hydrogens (primary N) is 1. The molecule has 0 aliphatic carbocycles. The van der Waals surface area contributed by atoms with Crippen molar-refractivity contribution in [3.05, 3.63) is 29.8 Å². The lowest BCUT2D eigenvalue weighted by Crippen LogP contribution is -3.00. The van der Waals surface area contributed by atoms with Crippen molar-refractivity contribution in [3.63, 3.8) is 0 Å². The van der Waals surface area contributed by atoms with E-state index in [0.717, 1.165) is 12.2 Å². The van der Waals surface area contributed by atoms with Crippen LogP contribution in [0.2, 0.25) is 0 Å². The number of halogens is 3. The van der Waals surface area contributed by atoms with Crippen LogP contribution in [0, 0.1) is 0 Å². The van der Waals surface area contributed by atoms with Crippen molar-refractivity contribution >= 4 is 11.5 Å². The number of nitrogens with one attached hydrogen (secondary N) is 1. The highest BCUT2D eigenvalue weighted by Crippen LogP contribution is 2.02. The lowest BCUT2D eigenvalue weighted by molar-refractivity contribution is -0.395. The smallest absolute Gasteiger partial charge is 0.301 e. The Bertz CT molecular complexity index is 317. The molecule has 0 saturated heterocycles. The zero-order chi connectivity index (χ0) is 9.68. The van der Waals surface area contributed by atoms with E-state index in [1.807, 2.05) is 24.3 Å². The number of benzene rings is 1. The molecule has 1 aromatic rings. The van der Waals surface area contributed by atoms with E-state index in [4.69, 9.17) is 5.73 Å². The highest BCUT2D eigenvalue weighted by molar-refractivity contribution is 5.75. The fraction of sp³-hybridized carbons (Fsp3) is 0.222. The van der Waals surface area contributed by atoms with Gasteiger partial charge in [0.05, 0.1) is 6.54 Å². The fourth-order valence-corrected chi connectivity index (χ4v) is 1.05. The zero-order valence-electron chi connectivity index (χ0n) is 8.85. The van der Waals surface area contributed by atoms with Crippen LogP contribution < -0.4 is 73.1 Å². The maximum absolute atomic E-state index is 5.62. The molecule has 0 spiro atoms. The van der Waals surface area contributed by atoms with Gasteiger partial charge in [-0.25, -0.2) is 4.99 Å². The van der Waals surface area contributed by atoms with E-state index >= 15 is 0 Å². The zero-order valence-corrected chi connectivity index (χ0v) is 13.6. The van der Waals surface area contributed by atoms with Crippen molar-refractivity contribution in [2.75, 3.05) is 6.54 Å². The van der Waals surface area contributed by atoms with Gasteiger partial charge in [-0.15, -0.1) is 0 Å². The summed E-state index contributed by atoms with van der Waals surface area (Å²) in [5.74, 6) is 0.682. The normalized spacial score (nSPS) is 9.50. The number of hydrogen-bond acceptors (Lipinski definition) is 0. The Balaban J connectivity index is -0.000000563. The Morgan fingerprint density at radius 2 is 1.81 bits per heavy atom. The van der Waals surface area contributed by atoms with E-state index in [0.29, 0.717) is 12.4 Å². The minimum atomic E-state index is 0. The Kier molecular flexibility index (Phi) is 15.4. The van der Waals surface area contributed by atoms with Crippen LogP contribution in [0.3, 0.4) is 0 Å². The molecule has 0 amide bonds. The Morgan fingerprint density at radius 1 is 1.19 bits per heavy atom. The van der Waals surface area contributed by atoms with E-state index in [1.54, 1.807) is 0 Å². The van der Waals surface area contributed by atoms with Gasteiger partial charge in [-0.3, -0.25) is 5.73 Å². The van der Waals surface area contributed by atoms with Crippen LogP contribution >= 0.6 is 0 Å². The molecule has 0 bridgehead atoms. The molecule has 1 aromatic carbocycles. The summed E-state index contributed by atoms with van der Waals surface area (Å²) in [6, 6.07) is 8.04. The molecule has 0 unspecified atom stereocenters. The SMILES string of the molecule is NC(C[NH3+])=[NH+]c1cccc(C[NH3+])c1.[Br-].[Br-].[Br-]. The summed E-state index contributed by atoms with van der Waals surface area (Å²) in [6.45, 7) is 1.38. The second kappa shape index (κ2) is 11.5. The first-order valence-electron chi connectivity index (χ1n) is 4.32. The molecular formula is C9H17Br3N4. The standard InChI is InChI=1S/C9H14N4.3BrH/c10-5-7-2-1-3-8(4-7)13-9(12)6-11;;;/h1-4H,5-6,10-11H2,(H2,12,13);3*1H. The van der Waals surface area contributed by atoms with E-state index in [2.05, 4.69) is 16.5 Å². The molecule has 16 heavy (non-hydrogen) atoms. The average molecular weight is 421 g/mol. The molecule has 0 atom stereocenters. The van der Waals surface area contributed by atoms with Gasteiger partial charge in [-0.1, -0.05) is 12.1 Å². The summed E-state index contributed by atoms with van der Waals surface area (Å²) in [6.07, 6.45) is 0. The Hall–Kier alpha value is 0.0500. The summed E-state index contributed by atoms with van der Waals surface area (Å²) in [7, 11) is 0. The van der Waals surface area contributed by atoms with Gasteiger partial charge in [0, 0.05) is 5.56 Å². The summed E-state index contributed by atoms with van der Waals surface area (Å²) < 4.78 is 0. The van der Waals surface area contributed by atoms with Gasteiger partial charge in [0.2, 0.25) is 0 Å². The van der Waals surface area contributed by atoms with Crippen molar-refractivity contribution in [2.45, 2.75) is 6.54 Å². The third kappa shape index (κ3) is 7.34. The number of rotatable bonds is 3. The third-order valence-corrected chi connectivity index (χ3v) is 1.79. The summed E-state index contributed by atoms with van der Waals surface area (Å²) in [5, 5.41) is 0. The largest absolute Gasteiger partial charge is 1.00 e. The Labute approximate surface area is 127 Å². The molecule has 4 nitrogen and oxygen atoms in total. The number of hydrogen-bond donors (Lipinski definition) is 4. The maximum Gasteiger partial charge on any atom is 0.301 e. The lowest BCUT2D eigenvalue weighted by Gasteiger charge is -1.94. The van der Waals surface area contributed by atoms with Gasteiger partial charge >= 0.3 is 5.84 Å². The molecule has 0 aliphatic heterocycles. The number of amidine groups is 1. The minimum absolute atomic E-state index is 0. The fourth-order valence-electron chi connectivity index (χ4n) is 1.05. The van der Waals surface area contributed by atoms with Gasteiger partial charge in [-0.05, 0) is 12.1 Å². The van der Waals surface area contributed by atoms with Gasteiger partial charge in [-0.2, -0.15) is 0 Å². The van der Waals surface area contributed by atoms with Crippen LogP contribution in [0.4, 0.5) is 5.69 Å². The van der Waals surface area contributed by atoms with E-state index in [1.165, 1.54) is 5.56 Å². The first-order valence-corrected chi connectivity index (χ1v) is 4.32. The van der Waals surface area contributed by atoms with Crippen molar-refractivity contribution in [3.8, 4) is 0 Å². The van der Waals surface area contributed by atoms with Gasteiger partial charge in [0.1, 0.15) is 5.69 Å². The lowest BCUT2D eigenvalue weighted by atomic mass is 10.2. The van der Waals surface area contributed by atoms with Gasteiger partial charge < -0.3 is 62.4 Å². The topological polar surface area (TPSA) is 95.3 Å². The molecule has 0 saturated carbocycles. The van der Waals surface area contributed by atoms with Crippen molar-refractivity contribution < 1.29 is 67.4 Å². The van der Waals surface area contributed by atoms with Gasteiger partial charge in [0.15, 0.2) is 6.54 Å². The van der Waals surface area contributed by atoms with E-state index in [-0.39, 0.29) is 50.9 Å². The third-order valence-electron chi connectivity index (χ3n) is 1.79. The summed E-state index contributed by atoms with van der Waals surface area (Å²) in [4.78, 5) is 3.07. The monoisotopic (exact) mass is 418 g/mol. The van der Waals surface area contributed by atoms with Crippen LogP contribution in [0.5, 0.6) is 0 Å². The average Bonchev–Trinajstić information content (AvgIpc) is 2.18. The second-order valence-electron chi connectivity index (χ2n) is 2.85. The second-order valence-corrected chi connectivity index (χ2v) is 2.85. The molecule has 0 aromatic heterocycles. The summed E-state index contributed by atoms with van der Waals surface area (Å²) in [5.41, 5.74) is 15.3. The molecule has 0 aliphatic rings. The van der Waals surface area contributed by atoms with E-state index in [9.17, 15) is 0 Å². The van der Waals surface area contributed by atoms with Crippen LogP contribution in [-0.2, 0) is 6.54 Å². The van der Waals surface area contributed by atoms with Crippen molar-refractivity contribution in [1.82, 2.24) is 0 Å². The quantitative estimate of drug-likeness (QED) is 0.283. The maximum atomic E-state index is 5.62. The highest BCUT2D eigenvalue weighted by atomic mass is 79.9. The molecule has 0 radical (unpaired) electrons. The number of quaternary nitrogens is 2. The summed E-state index contributed by atoms with van der Waals surface area (Å²) >= 11 is 0. The predicted octanol–water partition coefficient (Wildman–Crippen LogP) is -12.2. The molecule has 94 valence electrons. The van der Waals surface area contributed by atoms with E-state index < -0.39 is 0 Å². The van der Waals surface area contributed by atoms with Crippen LogP contribution in [0.15, 0.2) is 24.3 Å². The molecular weight excluding hydrogens is 404 g/mol. The van der Waals surface area contributed by atoms with Crippen molar-refractivity contribution in [1.29, 1.82) is 0 Å². The minimum Gasteiger partial charge on any atom is -1.00 e. The molecule has 0 heterocycles. The van der Waals surface area contributed by atoms with Gasteiger partial charge in [0.25, 0.3) is 0 Å². The molecule has 9 N–H and O–H groups in total.